The van der Waals surface area contributed by atoms with Gasteiger partial charge in [0.25, 0.3) is 5.91 Å². The quantitative estimate of drug-likeness (QED) is 0.369. The van der Waals surface area contributed by atoms with Crippen LogP contribution in [0.2, 0.25) is 0 Å². The third-order valence-electron chi connectivity index (χ3n) is 6.25. The van der Waals surface area contributed by atoms with Crippen molar-refractivity contribution in [3.8, 4) is 0 Å². The van der Waals surface area contributed by atoms with Gasteiger partial charge < -0.3 is 15.4 Å². The molecule has 0 saturated heterocycles. The first kappa shape index (κ1) is 24.8. The van der Waals surface area contributed by atoms with E-state index in [0.717, 1.165) is 39.3 Å². The SMILES string of the molecule is CC(C)OC(=O)c1c(NC(=O)c2cc3n(n2)[C@H](C(F)(F)F)C[C@H](c2cccs2)N3)sc2c1CCCC2. The molecule has 5 rings (SSSR count). The Morgan fingerprint density at radius 2 is 2.06 bits per heavy atom. The van der Waals surface area contributed by atoms with Crippen LogP contribution in [0.5, 0.6) is 0 Å². The zero-order valence-corrected chi connectivity index (χ0v) is 21.3. The molecule has 0 saturated carbocycles. The van der Waals surface area contributed by atoms with Crippen LogP contribution in [0.25, 0.3) is 0 Å². The van der Waals surface area contributed by atoms with Crippen molar-refractivity contribution in [1.82, 2.24) is 9.78 Å². The zero-order chi connectivity index (χ0) is 25.6. The standard InChI is InChI=1S/C24H25F3N4O3S2/c1-12(2)34-23(33)20-13-6-3-4-7-16(13)36-22(20)29-21(32)15-11-19-28-14(17-8-5-9-35-17)10-18(24(25,26)27)31(19)30-15/h5,8-9,11-12,14,18,28H,3-4,6-7,10H2,1-2H3,(H,29,32)/t14-,18+/m1/s1. The Kier molecular flexibility index (Phi) is 6.58. The van der Waals surface area contributed by atoms with E-state index in [1.807, 2.05) is 5.38 Å². The number of aryl methyl sites for hydroxylation is 1. The van der Waals surface area contributed by atoms with E-state index in [1.165, 1.54) is 28.7 Å². The van der Waals surface area contributed by atoms with Gasteiger partial charge in [0.15, 0.2) is 11.7 Å². The summed E-state index contributed by atoms with van der Waals surface area (Å²) in [5, 5.41) is 12.0. The minimum Gasteiger partial charge on any atom is -0.459 e. The third-order valence-corrected chi connectivity index (χ3v) is 8.45. The second-order valence-electron chi connectivity index (χ2n) is 9.19. The van der Waals surface area contributed by atoms with Crippen molar-refractivity contribution in [2.75, 3.05) is 10.6 Å². The number of alkyl halides is 3. The first-order valence-electron chi connectivity index (χ1n) is 11.7. The summed E-state index contributed by atoms with van der Waals surface area (Å²) in [6, 6.07) is 2.49. The van der Waals surface area contributed by atoms with Crippen molar-refractivity contribution in [3.05, 3.63) is 50.2 Å². The number of nitrogens with one attached hydrogen (secondary N) is 2. The summed E-state index contributed by atoms with van der Waals surface area (Å²) in [6.45, 7) is 3.50. The Morgan fingerprint density at radius 1 is 1.28 bits per heavy atom. The Morgan fingerprint density at radius 3 is 2.75 bits per heavy atom. The molecule has 0 spiro atoms. The van der Waals surface area contributed by atoms with Crippen molar-refractivity contribution in [2.45, 2.75) is 70.3 Å². The van der Waals surface area contributed by atoms with Crippen LogP contribution in [0.3, 0.4) is 0 Å². The number of ether oxygens (including phenoxy) is 1. The molecule has 0 fully saturated rings. The van der Waals surface area contributed by atoms with E-state index in [1.54, 1.807) is 26.0 Å². The Hall–Kier alpha value is -2.86. The van der Waals surface area contributed by atoms with Gasteiger partial charge in [-0.3, -0.25) is 4.79 Å². The minimum atomic E-state index is -4.54. The van der Waals surface area contributed by atoms with Crippen LogP contribution >= 0.6 is 22.7 Å². The fourth-order valence-corrected chi connectivity index (χ4v) is 6.73. The summed E-state index contributed by atoms with van der Waals surface area (Å²) in [4.78, 5) is 27.8. The van der Waals surface area contributed by atoms with Gasteiger partial charge in [-0.05, 0) is 56.5 Å². The molecule has 1 aliphatic heterocycles. The van der Waals surface area contributed by atoms with Crippen LogP contribution in [0.4, 0.5) is 24.0 Å². The van der Waals surface area contributed by atoms with Gasteiger partial charge in [-0.2, -0.15) is 18.3 Å². The van der Waals surface area contributed by atoms with Crippen LogP contribution in [-0.4, -0.2) is 33.9 Å². The fourth-order valence-electron chi connectivity index (χ4n) is 4.67. The molecule has 2 aliphatic rings. The maximum atomic E-state index is 13.9. The molecule has 1 aliphatic carbocycles. The van der Waals surface area contributed by atoms with E-state index < -0.39 is 30.1 Å². The van der Waals surface area contributed by atoms with Crippen molar-refractivity contribution in [1.29, 1.82) is 0 Å². The highest BCUT2D eigenvalue weighted by atomic mass is 32.1. The van der Waals surface area contributed by atoms with Crippen LogP contribution < -0.4 is 10.6 Å². The number of amides is 1. The molecule has 2 atom stereocenters. The van der Waals surface area contributed by atoms with Gasteiger partial charge in [-0.25, -0.2) is 9.48 Å². The first-order chi connectivity index (χ1) is 17.1. The normalized spacial score (nSPS) is 19.4. The molecule has 36 heavy (non-hydrogen) atoms. The van der Waals surface area contributed by atoms with Gasteiger partial charge in [0.05, 0.1) is 17.7 Å². The smallest absolute Gasteiger partial charge is 0.410 e. The highest BCUT2D eigenvalue weighted by molar-refractivity contribution is 7.17. The average Bonchev–Trinajstić information content (AvgIpc) is 3.54. The van der Waals surface area contributed by atoms with Crippen LogP contribution in [-0.2, 0) is 17.6 Å². The molecule has 7 nitrogen and oxygen atoms in total. The van der Waals surface area contributed by atoms with Gasteiger partial charge in [-0.15, -0.1) is 22.7 Å². The lowest BCUT2D eigenvalue weighted by Gasteiger charge is -2.32. The predicted octanol–water partition coefficient (Wildman–Crippen LogP) is 6.36. The maximum Gasteiger partial charge on any atom is 0.410 e. The summed E-state index contributed by atoms with van der Waals surface area (Å²) < 4.78 is 48.1. The third kappa shape index (κ3) is 4.75. The van der Waals surface area contributed by atoms with Crippen LogP contribution in [0.1, 0.15) is 81.4 Å². The molecule has 0 radical (unpaired) electrons. The number of rotatable bonds is 5. The highest BCUT2D eigenvalue weighted by Gasteiger charge is 2.47. The van der Waals surface area contributed by atoms with Crippen molar-refractivity contribution < 1.29 is 27.5 Å². The maximum absolute atomic E-state index is 13.9. The number of carbonyl (C=O) groups is 2. The molecular formula is C24H25F3N4O3S2. The molecule has 4 heterocycles. The minimum absolute atomic E-state index is 0.122. The number of halogens is 3. The van der Waals surface area contributed by atoms with E-state index in [9.17, 15) is 22.8 Å². The summed E-state index contributed by atoms with van der Waals surface area (Å²) >= 11 is 2.69. The van der Waals surface area contributed by atoms with Gasteiger partial charge in [0.1, 0.15) is 10.8 Å². The molecule has 0 aromatic carbocycles. The molecule has 192 valence electrons. The Labute approximate surface area is 213 Å². The summed E-state index contributed by atoms with van der Waals surface area (Å²) in [5.41, 5.74) is 1.06. The van der Waals surface area contributed by atoms with Crippen molar-refractivity contribution >= 4 is 45.4 Å². The van der Waals surface area contributed by atoms with E-state index in [4.69, 9.17) is 4.74 Å². The number of carbonyl (C=O) groups excluding carboxylic acids is 2. The molecule has 3 aromatic rings. The van der Waals surface area contributed by atoms with Gasteiger partial charge in [0.2, 0.25) is 0 Å². The van der Waals surface area contributed by atoms with E-state index in [2.05, 4.69) is 15.7 Å². The second-order valence-corrected chi connectivity index (χ2v) is 11.3. The Balaban J connectivity index is 1.45. The number of hydrogen-bond donors (Lipinski definition) is 2. The Bertz CT molecular complexity index is 1280. The molecule has 1 amide bonds. The molecule has 2 N–H and O–H groups in total. The highest BCUT2D eigenvalue weighted by Crippen LogP contribution is 2.45. The number of fused-ring (bicyclic) bond motifs is 2. The van der Waals surface area contributed by atoms with Crippen molar-refractivity contribution in [2.24, 2.45) is 0 Å². The zero-order valence-electron chi connectivity index (χ0n) is 19.6. The second kappa shape index (κ2) is 9.55. The van der Waals surface area contributed by atoms with Crippen molar-refractivity contribution in [3.63, 3.8) is 0 Å². The lowest BCUT2D eigenvalue weighted by molar-refractivity contribution is -0.173. The van der Waals surface area contributed by atoms with E-state index in [-0.39, 0.29) is 24.0 Å². The predicted molar refractivity (Wildman–Crippen MR) is 132 cm³/mol. The van der Waals surface area contributed by atoms with E-state index >= 15 is 0 Å². The monoisotopic (exact) mass is 538 g/mol. The number of aromatic nitrogens is 2. The topological polar surface area (TPSA) is 85.2 Å². The number of esters is 1. The fraction of sp³-hybridized carbons (Fsp3) is 0.458. The first-order valence-corrected chi connectivity index (χ1v) is 13.4. The lowest BCUT2D eigenvalue weighted by Crippen LogP contribution is -2.35. The molecular weight excluding hydrogens is 513 g/mol. The van der Waals surface area contributed by atoms with Gasteiger partial charge in [0, 0.05) is 22.2 Å². The number of hydrogen-bond acceptors (Lipinski definition) is 7. The number of thiophene rings is 2. The van der Waals surface area contributed by atoms with Crippen LogP contribution in [0.15, 0.2) is 23.6 Å². The van der Waals surface area contributed by atoms with Gasteiger partial charge >= 0.3 is 12.1 Å². The average molecular weight is 539 g/mol. The molecule has 0 unspecified atom stereocenters. The molecule has 12 heteroatoms. The number of nitrogens with zero attached hydrogens (tertiary/aromatic N) is 2. The lowest BCUT2D eigenvalue weighted by atomic mass is 9.95. The largest absolute Gasteiger partial charge is 0.459 e. The molecule has 3 aromatic heterocycles. The van der Waals surface area contributed by atoms with Crippen LogP contribution in [0, 0.1) is 0 Å². The summed E-state index contributed by atoms with van der Waals surface area (Å²) in [5.74, 6) is -1.07. The van der Waals surface area contributed by atoms with Gasteiger partial charge in [-0.1, -0.05) is 6.07 Å². The summed E-state index contributed by atoms with van der Waals surface area (Å²) in [6.07, 6.45) is -1.66. The summed E-state index contributed by atoms with van der Waals surface area (Å²) in [7, 11) is 0. The number of anilines is 2. The van der Waals surface area contributed by atoms with E-state index in [0.29, 0.717) is 17.0 Å². The molecule has 0 bridgehead atoms.